The Morgan fingerprint density at radius 1 is 1.56 bits per heavy atom. The Morgan fingerprint density at radius 2 is 2.33 bits per heavy atom. The zero-order chi connectivity index (χ0) is 13.1. The highest BCUT2D eigenvalue weighted by Crippen LogP contribution is 2.20. The molecule has 2 rings (SSSR count). The van der Waals surface area contributed by atoms with E-state index in [0.717, 1.165) is 17.8 Å². The second kappa shape index (κ2) is 5.14. The van der Waals surface area contributed by atoms with Gasteiger partial charge in [-0.3, -0.25) is 4.79 Å². The minimum Gasteiger partial charge on any atom is -0.507 e. The highest BCUT2D eigenvalue weighted by atomic mass is 32.1. The Kier molecular flexibility index (Phi) is 3.57. The summed E-state index contributed by atoms with van der Waals surface area (Å²) in [4.78, 5) is 17.5. The number of hydrogen-bond acceptors (Lipinski definition) is 4. The normalized spacial score (nSPS) is 10.3. The van der Waals surface area contributed by atoms with Gasteiger partial charge in [0, 0.05) is 12.4 Å². The fraction of sp³-hybridized carbons (Fsp3) is 0.167. The van der Waals surface area contributed by atoms with Gasteiger partial charge in [0.2, 0.25) is 0 Å². The summed E-state index contributed by atoms with van der Waals surface area (Å²) in [6, 6.07) is 3.29. The summed E-state index contributed by atoms with van der Waals surface area (Å²) in [5.41, 5.74) is 2.38. The number of aromatic nitrogens is 1. The number of carbonyl (C=O) groups is 1. The molecule has 0 atom stereocenters. The van der Waals surface area contributed by atoms with E-state index in [1.807, 2.05) is 5.38 Å². The number of phenols is 1. The quantitative estimate of drug-likeness (QED) is 0.927. The molecule has 0 aliphatic rings. The number of carbonyl (C=O) groups excluding carboxylic acids is 1. The topological polar surface area (TPSA) is 53.4 Å². The van der Waals surface area contributed by atoms with E-state index in [0.29, 0.717) is 6.54 Å². The Hall–Kier alpha value is -1.95. The second-order valence-electron chi connectivity index (χ2n) is 3.80. The maximum absolute atomic E-state index is 13.1. The summed E-state index contributed by atoms with van der Waals surface area (Å²) in [6.45, 7) is 0.318. The van der Waals surface area contributed by atoms with Gasteiger partial charge in [-0.25, -0.2) is 9.37 Å². The molecule has 0 aliphatic carbocycles. The van der Waals surface area contributed by atoms with Crippen molar-refractivity contribution in [3.63, 3.8) is 0 Å². The van der Waals surface area contributed by atoms with Gasteiger partial charge in [0.1, 0.15) is 11.6 Å². The van der Waals surface area contributed by atoms with Crippen LogP contribution >= 0.6 is 11.3 Å². The molecule has 1 N–H and O–H groups in total. The number of aromatic hydroxyl groups is 1. The van der Waals surface area contributed by atoms with Gasteiger partial charge in [-0.05, 0) is 18.2 Å². The number of rotatable bonds is 3. The molecule has 1 amide bonds. The molecule has 0 unspecified atom stereocenters. The van der Waals surface area contributed by atoms with Crippen molar-refractivity contribution < 1.29 is 14.3 Å². The van der Waals surface area contributed by atoms with Gasteiger partial charge in [0.05, 0.1) is 23.3 Å². The van der Waals surface area contributed by atoms with Crippen LogP contribution in [0.4, 0.5) is 4.39 Å². The molecule has 4 nitrogen and oxygen atoms in total. The van der Waals surface area contributed by atoms with Crippen molar-refractivity contribution in [3.8, 4) is 5.75 Å². The van der Waals surface area contributed by atoms with Gasteiger partial charge >= 0.3 is 0 Å². The van der Waals surface area contributed by atoms with Gasteiger partial charge in [-0.2, -0.15) is 0 Å². The summed E-state index contributed by atoms with van der Waals surface area (Å²) >= 11 is 1.44. The van der Waals surface area contributed by atoms with Gasteiger partial charge in [-0.15, -0.1) is 11.3 Å². The molecule has 94 valence electrons. The number of halogens is 1. The maximum Gasteiger partial charge on any atom is 0.257 e. The Balaban J connectivity index is 2.17. The molecule has 1 heterocycles. The third kappa shape index (κ3) is 2.65. The van der Waals surface area contributed by atoms with Crippen LogP contribution in [0.2, 0.25) is 0 Å². The summed E-state index contributed by atoms with van der Waals surface area (Å²) in [7, 11) is 1.58. The van der Waals surface area contributed by atoms with Crippen molar-refractivity contribution in [1.29, 1.82) is 0 Å². The van der Waals surface area contributed by atoms with E-state index in [9.17, 15) is 14.3 Å². The monoisotopic (exact) mass is 266 g/mol. The van der Waals surface area contributed by atoms with Crippen LogP contribution in [0.1, 0.15) is 16.1 Å². The molecule has 0 bridgehead atoms. The van der Waals surface area contributed by atoms with Crippen LogP contribution < -0.4 is 0 Å². The van der Waals surface area contributed by atoms with E-state index in [1.165, 1.54) is 22.3 Å². The summed E-state index contributed by atoms with van der Waals surface area (Å²) in [5.74, 6) is -1.23. The third-order valence-electron chi connectivity index (χ3n) is 2.42. The Bertz CT molecular complexity index is 557. The molecule has 0 saturated carbocycles. The Labute approximate surface area is 107 Å². The fourth-order valence-electron chi connectivity index (χ4n) is 1.52. The molecule has 0 radical (unpaired) electrons. The predicted octanol–water partition coefficient (Wildman–Crippen LogP) is 2.26. The lowest BCUT2D eigenvalue weighted by Crippen LogP contribution is -2.26. The molecule has 0 spiro atoms. The van der Waals surface area contributed by atoms with E-state index in [4.69, 9.17) is 0 Å². The molecule has 0 aliphatic heterocycles. The van der Waals surface area contributed by atoms with Crippen LogP contribution in [-0.2, 0) is 6.54 Å². The molecule has 1 aromatic carbocycles. The van der Waals surface area contributed by atoms with E-state index < -0.39 is 11.7 Å². The lowest BCUT2D eigenvalue weighted by molar-refractivity contribution is 0.0780. The van der Waals surface area contributed by atoms with Crippen LogP contribution in [0, 0.1) is 5.82 Å². The second-order valence-corrected chi connectivity index (χ2v) is 4.52. The first-order valence-electron chi connectivity index (χ1n) is 5.19. The number of thiazole rings is 1. The fourth-order valence-corrected chi connectivity index (χ4v) is 2.07. The zero-order valence-corrected chi connectivity index (χ0v) is 10.4. The van der Waals surface area contributed by atoms with Crippen LogP contribution in [-0.4, -0.2) is 27.9 Å². The largest absolute Gasteiger partial charge is 0.507 e. The molecule has 0 saturated heterocycles. The molecule has 6 heteroatoms. The van der Waals surface area contributed by atoms with Crippen molar-refractivity contribution in [2.24, 2.45) is 0 Å². The van der Waals surface area contributed by atoms with Crippen molar-refractivity contribution in [2.45, 2.75) is 6.54 Å². The van der Waals surface area contributed by atoms with Crippen LogP contribution in [0.5, 0.6) is 5.75 Å². The summed E-state index contributed by atoms with van der Waals surface area (Å²) in [6.07, 6.45) is 0. The summed E-state index contributed by atoms with van der Waals surface area (Å²) < 4.78 is 13.1. The number of amides is 1. The zero-order valence-electron chi connectivity index (χ0n) is 9.63. The highest BCUT2D eigenvalue weighted by molar-refractivity contribution is 7.07. The first-order valence-corrected chi connectivity index (χ1v) is 6.13. The van der Waals surface area contributed by atoms with Crippen molar-refractivity contribution in [2.75, 3.05) is 7.05 Å². The Morgan fingerprint density at radius 3 is 3.00 bits per heavy atom. The lowest BCUT2D eigenvalue weighted by atomic mass is 10.1. The molecular formula is C12H11FN2O2S. The highest BCUT2D eigenvalue weighted by Gasteiger charge is 2.17. The van der Waals surface area contributed by atoms with Crippen LogP contribution in [0.3, 0.4) is 0 Å². The molecule has 2 aromatic rings. The third-order valence-corrected chi connectivity index (χ3v) is 3.05. The minimum atomic E-state index is -0.557. The predicted molar refractivity (Wildman–Crippen MR) is 66.0 cm³/mol. The van der Waals surface area contributed by atoms with E-state index in [1.54, 1.807) is 12.6 Å². The van der Waals surface area contributed by atoms with Gasteiger partial charge in [0.25, 0.3) is 5.91 Å². The first-order chi connectivity index (χ1) is 8.58. The molecule has 0 fully saturated rings. The van der Waals surface area contributed by atoms with Gasteiger partial charge < -0.3 is 10.0 Å². The number of nitrogens with zero attached hydrogens (tertiary/aromatic N) is 2. The smallest absolute Gasteiger partial charge is 0.257 e. The number of phenolic OH excluding ortho intramolecular Hbond substituents is 1. The van der Waals surface area contributed by atoms with Gasteiger partial charge in [-0.1, -0.05) is 0 Å². The van der Waals surface area contributed by atoms with E-state index >= 15 is 0 Å². The van der Waals surface area contributed by atoms with Crippen LogP contribution in [0.15, 0.2) is 29.1 Å². The van der Waals surface area contributed by atoms with Crippen molar-refractivity contribution in [3.05, 3.63) is 46.2 Å². The van der Waals surface area contributed by atoms with E-state index in [2.05, 4.69) is 4.98 Å². The SMILES string of the molecule is CN(Cc1cscn1)C(=O)c1cc(F)ccc1O. The lowest BCUT2D eigenvalue weighted by Gasteiger charge is -2.16. The average Bonchev–Trinajstić information content (AvgIpc) is 2.84. The van der Waals surface area contributed by atoms with Crippen LogP contribution in [0.25, 0.3) is 0 Å². The average molecular weight is 266 g/mol. The maximum atomic E-state index is 13.1. The van der Waals surface area contributed by atoms with E-state index in [-0.39, 0.29) is 11.3 Å². The molecule has 1 aromatic heterocycles. The first kappa shape index (κ1) is 12.5. The number of hydrogen-bond donors (Lipinski definition) is 1. The number of benzene rings is 1. The standard InChI is InChI=1S/C12H11FN2O2S/c1-15(5-9-6-18-7-14-9)12(17)10-4-8(13)2-3-11(10)16/h2-4,6-7,16H,5H2,1H3. The van der Waals surface area contributed by atoms with Gasteiger partial charge in [0.15, 0.2) is 0 Å². The summed E-state index contributed by atoms with van der Waals surface area (Å²) in [5, 5.41) is 11.4. The molecular weight excluding hydrogens is 255 g/mol. The van der Waals surface area contributed by atoms with Crippen molar-refractivity contribution >= 4 is 17.2 Å². The van der Waals surface area contributed by atoms with Crippen molar-refractivity contribution in [1.82, 2.24) is 9.88 Å². The molecule has 18 heavy (non-hydrogen) atoms. The minimum absolute atomic E-state index is 0.0484.